The molecule has 0 saturated carbocycles. The highest BCUT2D eigenvalue weighted by Gasteiger charge is 2.17. The molecule has 0 N–H and O–H groups in total. The second-order valence-electron chi connectivity index (χ2n) is 5.15. The molecule has 2 aromatic carbocycles. The molecule has 0 bridgehead atoms. The van der Waals surface area contributed by atoms with Gasteiger partial charge in [0.1, 0.15) is 5.75 Å². The van der Waals surface area contributed by atoms with Crippen LogP contribution in [0.1, 0.15) is 16.7 Å². The summed E-state index contributed by atoms with van der Waals surface area (Å²) in [6.07, 6.45) is 1.73. The van der Waals surface area contributed by atoms with E-state index in [4.69, 9.17) is 23.7 Å². The molecule has 25 heavy (non-hydrogen) atoms. The quantitative estimate of drug-likeness (QED) is 0.799. The van der Waals surface area contributed by atoms with E-state index in [9.17, 15) is 0 Å². The van der Waals surface area contributed by atoms with Crippen LogP contribution >= 0.6 is 0 Å². The summed E-state index contributed by atoms with van der Waals surface area (Å²) in [4.78, 5) is 0. The van der Waals surface area contributed by atoms with Gasteiger partial charge in [-0.1, -0.05) is 24.5 Å². The van der Waals surface area contributed by atoms with Gasteiger partial charge in [-0.3, -0.25) is 0 Å². The Morgan fingerprint density at radius 2 is 1.44 bits per heavy atom. The van der Waals surface area contributed by atoms with Crippen molar-refractivity contribution in [3.8, 4) is 40.6 Å². The van der Waals surface area contributed by atoms with Gasteiger partial charge in [0.2, 0.25) is 6.79 Å². The van der Waals surface area contributed by atoms with E-state index in [1.807, 2.05) is 18.2 Å². The summed E-state index contributed by atoms with van der Waals surface area (Å²) in [7, 11) is 4.77. The molecule has 0 atom stereocenters. The molecular weight excluding hydrogens is 320 g/mol. The van der Waals surface area contributed by atoms with Crippen LogP contribution in [-0.4, -0.2) is 28.1 Å². The van der Waals surface area contributed by atoms with E-state index in [0.29, 0.717) is 34.3 Å². The second kappa shape index (κ2) is 7.10. The largest absolute Gasteiger partial charge is 0.495 e. The Hall–Kier alpha value is -3.26. The van der Waals surface area contributed by atoms with E-state index in [1.165, 1.54) is 0 Å². The summed E-state index contributed by atoms with van der Waals surface area (Å²) in [5.41, 5.74) is 2.33. The standard InChI is InChI=1S/C20H18O5/c1-5-13-8-17(22-3)18(23-4)9-14(13)6-7-15-10-19-20(25-12-24-19)11-16(15)21-2/h5,8-11H,1,12H2,2-4H3. The lowest BCUT2D eigenvalue weighted by molar-refractivity contribution is 0.174. The zero-order valence-corrected chi connectivity index (χ0v) is 14.3. The average molecular weight is 338 g/mol. The summed E-state index contributed by atoms with van der Waals surface area (Å²) in [6.45, 7) is 4.03. The van der Waals surface area contributed by atoms with Crippen molar-refractivity contribution >= 4 is 6.08 Å². The fourth-order valence-corrected chi connectivity index (χ4v) is 2.50. The highest BCUT2D eigenvalue weighted by atomic mass is 16.7. The van der Waals surface area contributed by atoms with E-state index in [1.54, 1.807) is 33.5 Å². The number of benzene rings is 2. The maximum atomic E-state index is 5.40. The van der Waals surface area contributed by atoms with Gasteiger partial charge in [0.05, 0.1) is 26.9 Å². The molecule has 0 radical (unpaired) electrons. The summed E-state index contributed by atoms with van der Waals surface area (Å²) in [6, 6.07) is 7.24. The molecule has 0 aromatic heterocycles. The summed E-state index contributed by atoms with van der Waals surface area (Å²) in [5, 5.41) is 0. The van der Waals surface area contributed by atoms with Gasteiger partial charge >= 0.3 is 0 Å². The predicted molar refractivity (Wildman–Crippen MR) is 94.7 cm³/mol. The third kappa shape index (κ3) is 3.20. The van der Waals surface area contributed by atoms with E-state index >= 15 is 0 Å². The topological polar surface area (TPSA) is 46.2 Å². The van der Waals surface area contributed by atoms with Crippen LogP contribution < -0.4 is 23.7 Å². The van der Waals surface area contributed by atoms with Crippen molar-refractivity contribution in [3.05, 3.63) is 47.5 Å². The van der Waals surface area contributed by atoms with Gasteiger partial charge in [-0.05, 0) is 11.6 Å². The minimum absolute atomic E-state index is 0.200. The number of fused-ring (bicyclic) bond motifs is 1. The Morgan fingerprint density at radius 1 is 0.840 bits per heavy atom. The van der Waals surface area contributed by atoms with E-state index in [-0.39, 0.29) is 6.79 Å². The van der Waals surface area contributed by atoms with Crippen molar-refractivity contribution in [1.29, 1.82) is 0 Å². The van der Waals surface area contributed by atoms with E-state index in [0.717, 1.165) is 11.1 Å². The molecule has 5 nitrogen and oxygen atoms in total. The van der Waals surface area contributed by atoms with Crippen LogP contribution in [0.25, 0.3) is 6.08 Å². The molecule has 3 rings (SSSR count). The van der Waals surface area contributed by atoms with Gasteiger partial charge in [0.25, 0.3) is 0 Å². The normalized spacial score (nSPS) is 11.3. The van der Waals surface area contributed by atoms with Gasteiger partial charge in [-0.15, -0.1) is 0 Å². The molecule has 5 heteroatoms. The number of ether oxygens (including phenoxy) is 5. The van der Waals surface area contributed by atoms with E-state index in [2.05, 4.69) is 18.4 Å². The SMILES string of the molecule is C=Cc1cc(OC)c(OC)cc1C#Cc1cc2c(cc1OC)OCO2. The maximum Gasteiger partial charge on any atom is 0.231 e. The average Bonchev–Trinajstić information content (AvgIpc) is 3.11. The van der Waals surface area contributed by atoms with Crippen molar-refractivity contribution in [2.75, 3.05) is 28.1 Å². The lowest BCUT2D eigenvalue weighted by atomic mass is 10.1. The fourth-order valence-electron chi connectivity index (χ4n) is 2.50. The zero-order valence-electron chi connectivity index (χ0n) is 14.3. The zero-order chi connectivity index (χ0) is 17.8. The first kappa shape index (κ1) is 16.6. The van der Waals surface area contributed by atoms with Crippen LogP contribution in [0.2, 0.25) is 0 Å². The second-order valence-corrected chi connectivity index (χ2v) is 5.15. The molecule has 0 fully saturated rings. The molecule has 1 aliphatic heterocycles. The Kier molecular flexibility index (Phi) is 4.71. The number of rotatable bonds is 4. The van der Waals surface area contributed by atoms with Gasteiger partial charge < -0.3 is 23.7 Å². The number of hydrogen-bond acceptors (Lipinski definition) is 5. The molecule has 0 unspecified atom stereocenters. The van der Waals surface area contributed by atoms with Crippen LogP contribution in [0.4, 0.5) is 0 Å². The van der Waals surface area contributed by atoms with Crippen molar-refractivity contribution in [2.45, 2.75) is 0 Å². The van der Waals surface area contributed by atoms with Gasteiger partial charge in [-0.2, -0.15) is 0 Å². The molecular formula is C20H18O5. The first-order chi connectivity index (χ1) is 12.2. The first-order valence-electron chi connectivity index (χ1n) is 7.58. The number of methoxy groups -OCH3 is 3. The molecule has 128 valence electrons. The highest BCUT2D eigenvalue weighted by Crippen LogP contribution is 2.38. The fraction of sp³-hybridized carbons (Fsp3) is 0.200. The smallest absolute Gasteiger partial charge is 0.231 e. The van der Waals surface area contributed by atoms with Gasteiger partial charge in [-0.25, -0.2) is 0 Å². The highest BCUT2D eigenvalue weighted by molar-refractivity contribution is 5.66. The molecule has 2 aromatic rings. The summed E-state index contributed by atoms with van der Waals surface area (Å²) >= 11 is 0. The van der Waals surface area contributed by atoms with Crippen LogP contribution in [0.5, 0.6) is 28.7 Å². The Labute approximate surface area is 146 Å². The Morgan fingerprint density at radius 3 is 2.08 bits per heavy atom. The summed E-state index contributed by atoms with van der Waals surface area (Å²) < 4.78 is 26.8. The third-order valence-electron chi connectivity index (χ3n) is 3.80. The Balaban J connectivity index is 2.06. The molecule has 0 amide bonds. The van der Waals surface area contributed by atoms with Crippen LogP contribution in [-0.2, 0) is 0 Å². The lowest BCUT2D eigenvalue weighted by Gasteiger charge is -2.10. The van der Waals surface area contributed by atoms with Crippen LogP contribution in [0, 0.1) is 11.8 Å². The third-order valence-corrected chi connectivity index (χ3v) is 3.80. The number of hydrogen-bond donors (Lipinski definition) is 0. The van der Waals surface area contributed by atoms with Crippen LogP contribution in [0.15, 0.2) is 30.8 Å². The Bertz CT molecular complexity index is 874. The van der Waals surface area contributed by atoms with Crippen molar-refractivity contribution in [3.63, 3.8) is 0 Å². The molecule has 0 aliphatic carbocycles. The van der Waals surface area contributed by atoms with Crippen molar-refractivity contribution in [1.82, 2.24) is 0 Å². The van der Waals surface area contributed by atoms with Gasteiger partial charge in [0, 0.05) is 23.8 Å². The monoisotopic (exact) mass is 338 g/mol. The summed E-state index contributed by atoms with van der Waals surface area (Å²) in [5.74, 6) is 9.42. The lowest BCUT2D eigenvalue weighted by Crippen LogP contribution is -1.94. The molecule has 0 spiro atoms. The van der Waals surface area contributed by atoms with E-state index < -0.39 is 0 Å². The maximum absolute atomic E-state index is 5.40. The van der Waals surface area contributed by atoms with Crippen molar-refractivity contribution < 1.29 is 23.7 Å². The molecule has 0 saturated heterocycles. The first-order valence-corrected chi connectivity index (χ1v) is 7.58. The molecule has 1 heterocycles. The minimum Gasteiger partial charge on any atom is -0.495 e. The van der Waals surface area contributed by atoms with Crippen LogP contribution in [0.3, 0.4) is 0 Å². The molecule has 1 aliphatic rings. The van der Waals surface area contributed by atoms with Gasteiger partial charge in [0.15, 0.2) is 23.0 Å². The van der Waals surface area contributed by atoms with Crippen molar-refractivity contribution in [2.24, 2.45) is 0 Å². The predicted octanol–water partition coefficient (Wildman–Crippen LogP) is 3.48. The minimum atomic E-state index is 0.200.